The van der Waals surface area contributed by atoms with Gasteiger partial charge in [-0.3, -0.25) is 0 Å². The van der Waals surface area contributed by atoms with E-state index < -0.39 is 17.5 Å². The fourth-order valence-electron chi connectivity index (χ4n) is 1.24. The number of carboxylic acid groups (broad SMARTS) is 1. The molecule has 1 aromatic carbocycles. The summed E-state index contributed by atoms with van der Waals surface area (Å²) in [4.78, 5) is 22.5. The van der Waals surface area contributed by atoms with Gasteiger partial charge in [-0.2, -0.15) is 0 Å². The SMILES string of the molecule is COC(=O)C(O)(C(=O)O)c1cc(Cl)c(Cl)c(Cl)c1. The highest BCUT2D eigenvalue weighted by atomic mass is 35.5. The predicted octanol–water partition coefficient (Wildman–Crippen LogP) is 2.09. The Bertz CT molecular complexity index is 493. The molecule has 0 spiro atoms. The van der Waals surface area contributed by atoms with Crippen molar-refractivity contribution in [3.63, 3.8) is 0 Å². The number of aliphatic hydroxyl groups is 1. The van der Waals surface area contributed by atoms with Crippen molar-refractivity contribution in [3.05, 3.63) is 32.8 Å². The molecule has 0 amide bonds. The number of methoxy groups -OCH3 is 1. The topological polar surface area (TPSA) is 83.8 Å². The van der Waals surface area contributed by atoms with Crippen LogP contribution in [-0.4, -0.2) is 29.3 Å². The lowest BCUT2D eigenvalue weighted by molar-refractivity contribution is -0.179. The van der Waals surface area contributed by atoms with Gasteiger partial charge in [0.2, 0.25) is 0 Å². The number of esters is 1. The van der Waals surface area contributed by atoms with E-state index in [1.165, 1.54) is 0 Å². The molecule has 1 aromatic rings. The number of hydrogen-bond donors (Lipinski definition) is 2. The number of rotatable bonds is 3. The molecule has 0 heterocycles. The number of carbonyl (C=O) groups is 2. The fourth-order valence-corrected chi connectivity index (χ4v) is 1.84. The van der Waals surface area contributed by atoms with Crippen molar-refractivity contribution in [3.8, 4) is 0 Å². The Balaban J connectivity index is 3.50. The summed E-state index contributed by atoms with van der Waals surface area (Å²) >= 11 is 17.1. The number of halogens is 3. The summed E-state index contributed by atoms with van der Waals surface area (Å²) in [6.07, 6.45) is 0. The van der Waals surface area contributed by atoms with Gasteiger partial charge < -0.3 is 14.9 Å². The Labute approximate surface area is 117 Å². The minimum atomic E-state index is -2.90. The summed E-state index contributed by atoms with van der Waals surface area (Å²) in [6, 6.07) is 2.06. The second kappa shape index (κ2) is 5.32. The third kappa shape index (κ3) is 2.40. The Morgan fingerprint density at radius 1 is 1.22 bits per heavy atom. The first-order valence-corrected chi connectivity index (χ1v) is 5.57. The molecule has 0 bridgehead atoms. The molecule has 0 aliphatic heterocycles. The molecule has 1 unspecified atom stereocenters. The van der Waals surface area contributed by atoms with Crippen molar-refractivity contribution < 1.29 is 24.5 Å². The highest BCUT2D eigenvalue weighted by molar-refractivity contribution is 6.48. The lowest BCUT2D eigenvalue weighted by Crippen LogP contribution is -2.44. The molecular formula is C10H7Cl3O5. The molecule has 1 rings (SSSR count). The van der Waals surface area contributed by atoms with Crippen molar-refractivity contribution in [1.29, 1.82) is 0 Å². The molecule has 0 saturated heterocycles. The Morgan fingerprint density at radius 2 is 1.67 bits per heavy atom. The molecule has 18 heavy (non-hydrogen) atoms. The van der Waals surface area contributed by atoms with Crippen LogP contribution in [0.25, 0.3) is 0 Å². The van der Waals surface area contributed by atoms with Gasteiger partial charge >= 0.3 is 11.9 Å². The average Bonchev–Trinajstić information content (AvgIpc) is 2.32. The smallest absolute Gasteiger partial charge is 0.354 e. The zero-order valence-electron chi connectivity index (χ0n) is 8.91. The van der Waals surface area contributed by atoms with E-state index in [-0.39, 0.29) is 20.6 Å². The van der Waals surface area contributed by atoms with Crippen LogP contribution in [0.2, 0.25) is 15.1 Å². The molecule has 0 radical (unpaired) electrons. The van der Waals surface area contributed by atoms with E-state index in [0.717, 1.165) is 19.2 Å². The lowest BCUT2D eigenvalue weighted by Gasteiger charge is -2.21. The number of carbonyl (C=O) groups excluding carboxylic acids is 1. The van der Waals surface area contributed by atoms with Crippen LogP contribution in [0.15, 0.2) is 12.1 Å². The third-order valence-corrected chi connectivity index (χ3v) is 3.39. The number of ether oxygens (including phenoxy) is 1. The molecule has 0 saturated carbocycles. The summed E-state index contributed by atoms with van der Waals surface area (Å²) in [7, 11) is 0.940. The molecule has 0 fully saturated rings. The largest absolute Gasteiger partial charge is 0.478 e. The van der Waals surface area contributed by atoms with Crippen LogP contribution in [0.4, 0.5) is 0 Å². The molecule has 98 valence electrons. The van der Waals surface area contributed by atoms with E-state index in [4.69, 9.17) is 39.9 Å². The summed E-state index contributed by atoms with van der Waals surface area (Å²) < 4.78 is 4.25. The van der Waals surface area contributed by atoms with E-state index in [9.17, 15) is 14.7 Å². The van der Waals surface area contributed by atoms with E-state index in [1.54, 1.807) is 0 Å². The number of hydrogen-bond acceptors (Lipinski definition) is 4. The zero-order chi connectivity index (χ0) is 14.1. The van der Waals surface area contributed by atoms with Gasteiger partial charge in [0.05, 0.1) is 22.2 Å². The van der Waals surface area contributed by atoms with Crippen LogP contribution in [0, 0.1) is 0 Å². The number of carboxylic acids is 1. The maximum atomic E-state index is 11.4. The van der Waals surface area contributed by atoms with E-state index in [0.29, 0.717) is 0 Å². The first-order valence-electron chi connectivity index (χ1n) is 4.44. The van der Waals surface area contributed by atoms with Crippen LogP contribution in [0.1, 0.15) is 5.56 Å². The highest BCUT2D eigenvalue weighted by Gasteiger charge is 2.48. The maximum absolute atomic E-state index is 11.4. The number of benzene rings is 1. The van der Waals surface area contributed by atoms with Gasteiger partial charge in [0.1, 0.15) is 0 Å². The summed E-state index contributed by atoms with van der Waals surface area (Å²) in [6.45, 7) is 0. The second-order valence-corrected chi connectivity index (χ2v) is 4.45. The first kappa shape index (κ1) is 15.0. The van der Waals surface area contributed by atoms with E-state index in [1.807, 2.05) is 0 Å². The standard InChI is InChI=1S/C10H7Cl3O5/c1-18-9(16)10(17,8(14)15)4-2-5(11)7(13)6(12)3-4/h2-3,17H,1H3,(H,14,15). The van der Waals surface area contributed by atoms with Crippen LogP contribution in [0.5, 0.6) is 0 Å². The fraction of sp³-hybridized carbons (Fsp3) is 0.200. The highest BCUT2D eigenvalue weighted by Crippen LogP contribution is 2.35. The van der Waals surface area contributed by atoms with Gasteiger partial charge in [-0.05, 0) is 12.1 Å². The molecule has 0 aromatic heterocycles. The Hall–Kier alpha value is -1.01. The quantitative estimate of drug-likeness (QED) is 0.507. The van der Waals surface area contributed by atoms with Gasteiger partial charge in [-0.1, -0.05) is 34.8 Å². The number of aliphatic carboxylic acids is 1. The lowest BCUT2D eigenvalue weighted by atomic mass is 9.94. The molecule has 5 nitrogen and oxygen atoms in total. The van der Waals surface area contributed by atoms with Crippen molar-refractivity contribution >= 4 is 46.7 Å². The van der Waals surface area contributed by atoms with Crippen molar-refractivity contribution in [1.82, 2.24) is 0 Å². The minimum Gasteiger partial charge on any atom is -0.478 e. The summed E-state index contributed by atoms with van der Waals surface area (Å²) in [5, 5.41) is 18.7. The zero-order valence-corrected chi connectivity index (χ0v) is 11.2. The third-order valence-electron chi connectivity index (χ3n) is 2.19. The van der Waals surface area contributed by atoms with Crippen molar-refractivity contribution in [2.45, 2.75) is 5.60 Å². The summed E-state index contributed by atoms with van der Waals surface area (Å²) in [5.41, 5.74) is -3.24. The Morgan fingerprint density at radius 3 is 2.00 bits per heavy atom. The summed E-state index contributed by atoms with van der Waals surface area (Å²) in [5.74, 6) is -3.19. The molecule has 8 heteroatoms. The normalized spacial score (nSPS) is 13.8. The van der Waals surface area contributed by atoms with Gasteiger partial charge in [0.15, 0.2) is 0 Å². The van der Waals surface area contributed by atoms with E-state index in [2.05, 4.69) is 4.74 Å². The van der Waals surface area contributed by atoms with Crippen LogP contribution < -0.4 is 0 Å². The van der Waals surface area contributed by atoms with Gasteiger partial charge in [0, 0.05) is 5.56 Å². The molecule has 2 N–H and O–H groups in total. The Kier molecular flexibility index (Phi) is 4.45. The van der Waals surface area contributed by atoms with Crippen molar-refractivity contribution in [2.24, 2.45) is 0 Å². The van der Waals surface area contributed by atoms with E-state index >= 15 is 0 Å². The molecular weight excluding hydrogens is 306 g/mol. The molecule has 1 atom stereocenters. The van der Waals surface area contributed by atoms with Crippen LogP contribution >= 0.6 is 34.8 Å². The van der Waals surface area contributed by atoms with Crippen LogP contribution in [0.3, 0.4) is 0 Å². The first-order chi connectivity index (χ1) is 8.25. The van der Waals surface area contributed by atoms with Gasteiger partial charge in [-0.25, -0.2) is 9.59 Å². The second-order valence-electron chi connectivity index (χ2n) is 3.26. The van der Waals surface area contributed by atoms with Gasteiger partial charge in [0.25, 0.3) is 5.60 Å². The monoisotopic (exact) mass is 312 g/mol. The average molecular weight is 314 g/mol. The van der Waals surface area contributed by atoms with Gasteiger partial charge in [-0.15, -0.1) is 0 Å². The maximum Gasteiger partial charge on any atom is 0.354 e. The predicted molar refractivity (Wildman–Crippen MR) is 65.0 cm³/mol. The minimum absolute atomic E-state index is 0.0142. The van der Waals surface area contributed by atoms with Crippen molar-refractivity contribution in [2.75, 3.05) is 7.11 Å². The van der Waals surface area contributed by atoms with Crippen LogP contribution in [-0.2, 0) is 19.9 Å². The molecule has 0 aliphatic carbocycles. The molecule has 0 aliphatic rings.